The fraction of sp³-hybridized carbons (Fsp3) is 0.433. The molecule has 0 bridgehead atoms. The molecule has 0 saturated carbocycles. The van der Waals surface area contributed by atoms with Crippen LogP contribution in [0.15, 0.2) is 48.5 Å². The van der Waals surface area contributed by atoms with E-state index in [-0.39, 0.29) is 23.7 Å². The number of alkyl halides is 1. The predicted octanol–water partition coefficient (Wildman–Crippen LogP) is 5.47. The molecule has 10 heteroatoms. The normalized spacial score (nSPS) is 23.7. The largest absolute Gasteiger partial charge is 0.451 e. The van der Waals surface area contributed by atoms with E-state index in [1.54, 1.807) is 4.90 Å². The Hall–Kier alpha value is -3.24. The van der Waals surface area contributed by atoms with Gasteiger partial charge in [0.05, 0.1) is 17.8 Å². The molecule has 0 spiro atoms. The van der Waals surface area contributed by atoms with E-state index in [1.807, 2.05) is 51.1 Å². The van der Waals surface area contributed by atoms with E-state index in [0.717, 1.165) is 28.6 Å². The van der Waals surface area contributed by atoms with Crippen molar-refractivity contribution < 1.29 is 27.5 Å². The number of amides is 1. The molecule has 2 aliphatic rings. The maximum absolute atomic E-state index is 15.1. The average molecular weight is 572 g/mol. The van der Waals surface area contributed by atoms with E-state index in [1.165, 1.54) is 18.3 Å². The number of aromatic nitrogens is 1. The summed E-state index contributed by atoms with van der Waals surface area (Å²) in [6, 6.07) is 11.6. The number of halogens is 3. The molecule has 1 N–H and O–H groups in total. The van der Waals surface area contributed by atoms with Crippen molar-refractivity contribution >= 4 is 23.2 Å². The minimum atomic E-state index is -1.23. The molecule has 40 heavy (non-hydrogen) atoms. The van der Waals surface area contributed by atoms with Gasteiger partial charge >= 0.3 is 5.97 Å². The molecule has 3 aromatic rings. The van der Waals surface area contributed by atoms with Crippen molar-refractivity contribution in [3.05, 3.63) is 76.3 Å². The zero-order chi connectivity index (χ0) is 28.8. The number of piperidine rings is 1. The zero-order valence-corrected chi connectivity index (χ0v) is 23.6. The number of esters is 1. The Balaban J connectivity index is 1.65. The third-order valence-electron chi connectivity index (χ3n) is 7.51. The van der Waals surface area contributed by atoms with Crippen LogP contribution >= 0.6 is 11.3 Å². The summed E-state index contributed by atoms with van der Waals surface area (Å²) in [6.45, 7) is 7.24. The van der Waals surface area contributed by atoms with E-state index in [9.17, 15) is 18.4 Å². The van der Waals surface area contributed by atoms with Gasteiger partial charge in [0.2, 0.25) is 0 Å². The summed E-state index contributed by atoms with van der Waals surface area (Å²) >= 11 is 1.24. The van der Waals surface area contributed by atoms with E-state index >= 15 is 4.39 Å². The summed E-state index contributed by atoms with van der Waals surface area (Å²) in [5.74, 6) is -2.84. The summed E-state index contributed by atoms with van der Waals surface area (Å²) in [5, 5.41) is 3.31. The molecular formula is C30H32F3N3O3S. The quantitative estimate of drug-likeness (QED) is 0.398. The second kappa shape index (κ2) is 11.0. The summed E-state index contributed by atoms with van der Waals surface area (Å²) in [4.78, 5) is 33.1. The first-order valence-electron chi connectivity index (χ1n) is 13.3. The van der Waals surface area contributed by atoms with Gasteiger partial charge < -0.3 is 15.0 Å². The minimum absolute atomic E-state index is 0.0323. The van der Waals surface area contributed by atoms with Crippen molar-refractivity contribution in [3.63, 3.8) is 0 Å². The van der Waals surface area contributed by atoms with E-state index in [4.69, 9.17) is 9.72 Å². The van der Waals surface area contributed by atoms with Gasteiger partial charge in [-0.25, -0.2) is 18.2 Å². The molecule has 6 nitrogen and oxygen atoms in total. The highest BCUT2D eigenvalue weighted by molar-refractivity contribution is 7.15. The Bertz CT molecular complexity index is 1410. The lowest BCUT2D eigenvalue weighted by atomic mass is 9.79. The summed E-state index contributed by atoms with van der Waals surface area (Å²) in [5.41, 5.74) is 0.954. The molecule has 2 aromatic carbocycles. The van der Waals surface area contributed by atoms with Gasteiger partial charge in [-0.2, -0.15) is 0 Å². The van der Waals surface area contributed by atoms with Gasteiger partial charge in [-0.3, -0.25) is 9.59 Å². The van der Waals surface area contributed by atoms with Gasteiger partial charge in [-0.1, -0.05) is 51.1 Å². The van der Waals surface area contributed by atoms with Crippen molar-refractivity contribution in [1.29, 1.82) is 0 Å². The SMILES string of the molecule is CC(=O)OC1C(=O)N(C(c2nc(-c3cc(F)ccc3F)sc2Cc2ccccc2)C(C)(C)C)CC2C(F)CNC12. The average Bonchev–Trinajstić information content (AvgIpc) is 3.46. The standard InChI is InChI=1S/C30H32F3N3O3S/c1-16(37)39-26-24-20(22(33)14-34-24)15-36(29(26)38)27(30(2,3)4)25-23(12-17-8-6-5-7-9-17)40-28(35-25)19-13-18(31)10-11-21(19)32/h5-11,13,20,22,24,26-27,34H,12,14-15H2,1-4H3. The number of carbonyl (C=O) groups is 2. The molecule has 0 aliphatic carbocycles. The van der Waals surface area contributed by atoms with Crippen LogP contribution in [0, 0.1) is 23.0 Å². The molecule has 5 rings (SSSR count). The first-order chi connectivity index (χ1) is 18.9. The Labute approximate surface area is 235 Å². The Morgan fingerprint density at radius 1 is 1.20 bits per heavy atom. The zero-order valence-electron chi connectivity index (χ0n) is 22.8. The van der Waals surface area contributed by atoms with Gasteiger partial charge in [0.25, 0.3) is 5.91 Å². The molecule has 5 unspecified atom stereocenters. The van der Waals surface area contributed by atoms with Crippen LogP contribution in [-0.2, 0) is 20.7 Å². The van der Waals surface area contributed by atoms with Gasteiger partial charge in [-0.15, -0.1) is 11.3 Å². The number of carbonyl (C=O) groups excluding carboxylic acids is 2. The van der Waals surface area contributed by atoms with Crippen LogP contribution in [0.5, 0.6) is 0 Å². The highest BCUT2D eigenvalue weighted by atomic mass is 32.1. The molecule has 2 aliphatic heterocycles. The van der Waals surface area contributed by atoms with Crippen molar-refractivity contribution in [3.8, 4) is 10.6 Å². The number of nitrogens with zero attached hydrogens (tertiary/aromatic N) is 2. The van der Waals surface area contributed by atoms with Gasteiger partial charge in [0, 0.05) is 42.8 Å². The smallest absolute Gasteiger partial charge is 0.303 e. The van der Waals surface area contributed by atoms with Crippen LogP contribution < -0.4 is 5.32 Å². The Kier molecular flexibility index (Phi) is 7.76. The first kappa shape index (κ1) is 28.3. The van der Waals surface area contributed by atoms with Crippen LogP contribution in [0.25, 0.3) is 10.6 Å². The van der Waals surface area contributed by atoms with Gasteiger partial charge in [-0.05, 0) is 29.2 Å². The third-order valence-corrected chi connectivity index (χ3v) is 8.62. The fourth-order valence-corrected chi connectivity index (χ4v) is 6.94. The molecule has 5 atom stereocenters. The minimum Gasteiger partial charge on any atom is -0.451 e. The Morgan fingerprint density at radius 3 is 2.60 bits per heavy atom. The molecule has 2 fully saturated rings. The maximum Gasteiger partial charge on any atom is 0.303 e. The van der Waals surface area contributed by atoms with E-state index in [0.29, 0.717) is 12.1 Å². The maximum atomic E-state index is 15.1. The van der Waals surface area contributed by atoms with E-state index in [2.05, 4.69) is 5.32 Å². The number of hydrogen-bond donors (Lipinski definition) is 1. The molecule has 0 radical (unpaired) electrons. The number of hydrogen-bond acceptors (Lipinski definition) is 6. The topological polar surface area (TPSA) is 71.5 Å². The van der Waals surface area contributed by atoms with Crippen LogP contribution in [0.1, 0.15) is 49.9 Å². The predicted molar refractivity (Wildman–Crippen MR) is 146 cm³/mol. The second-order valence-corrected chi connectivity index (χ2v) is 12.6. The van der Waals surface area contributed by atoms with Crippen LogP contribution in [-0.4, -0.2) is 53.2 Å². The second-order valence-electron chi connectivity index (χ2n) is 11.5. The monoisotopic (exact) mass is 571 g/mol. The molecule has 1 amide bonds. The molecule has 1 aromatic heterocycles. The van der Waals surface area contributed by atoms with Crippen molar-refractivity contribution in [2.75, 3.05) is 13.1 Å². The van der Waals surface area contributed by atoms with Crippen LogP contribution in [0.2, 0.25) is 0 Å². The summed E-state index contributed by atoms with van der Waals surface area (Å²) in [7, 11) is 0. The van der Waals surface area contributed by atoms with Crippen LogP contribution in [0.3, 0.4) is 0 Å². The number of rotatable bonds is 6. The summed E-state index contributed by atoms with van der Waals surface area (Å²) < 4.78 is 49.6. The van der Waals surface area contributed by atoms with Crippen molar-refractivity contribution in [1.82, 2.24) is 15.2 Å². The first-order valence-corrected chi connectivity index (χ1v) is 14.1. The number of likely N-dealkylation sites (tertiary alicyclic amines) is 1. The molecule has 212 valence electrons. The number of nitrogens with one attached hydrogen (secondary N) is 1. The number of fused-ring (bicyclic) bond motifs is 1. The lowest BCUT2D eigenvalue weighted by Gasteiger charge is -2.47. The third kappa shape index (κ3) is 5.51. The van der Waals surface area contributed by atoms with E-state index < -0.39 is 59.2 Å². The van der Waals surface area contributed by atoms with Gasteiger partial charge in [0.15, 0.2) is 6.10 Å². The summed E-state index contributed by atoms with van der Waals surface area (Å²) in [6.07, 6.45) is -1.96. The Morgan fingerprint density at radius 2 is 1.93 bits per heavy atom. The van der Waals surface area contributed by atoms with Gasteiger partial charge in [0.1, 0.15) is 22.8 Å². The molecular weight excluding hydrogens is 539 g/mol. The fourth-order valence-electron chi connectivity index (χ4n) is 5.79. The number of benzene rings is 2. The number of thiazole rings is 1. The van der Waals surface area contributed by atoms with Crippen molar-refractivity contribution in [2.24, 2.45) is 11.3 Å². The number of ether oxygens (including phenoxy) is 1. The lowest BCUT2D eigenvalue weighted by molar-refractivity contribution is -0.170. The lowest BCUT2D eigenvalue weighted by Crippen LogP contribution is -2.61. The molecule has 3 heterocycles. The van der Waals surface area contributed by atoms with Crippen LogP contribution in [0.4, 0.5) is 13.2 Å². The van der Waals surface area contributed by atoms with Crippen molar-refractivity contribution in [2.45, 2.75) is 58.5 Å². The highest BCUT2D eigenvalue weighted by Gasteiger charge is 2.54. The molecule has 2 saturated heterocycles. The highest BCUT2D eigenvalue weighted by Crippen LogP contribution is 2.46.